The molecule has 4 rings (SSSR count). The lowest BCUT2D eigenvalue weighted by atomic mass is 10.1. The van der Waals surface area contributed by atoms with E-state index in [1.807, 2.05) is 21.8 Å². The summed E-state index contributed by atoms with van der Waals surface area (Å²) in [6, 6.07) is 3.95. The van der Waals surface area contributed by atoms with E-state index >= 15 is 0 Å². The van der Waals surface area contributed by atoms with E-state index in [1.54, 1.807) is 35.4 Å². The SMILES string of the molecule is O=C(c1cnn2cccnc12)N1CCC[C@H](n2cccn2)C1. The molecule has 3 aromatic heterocycles. The second-order valence-electron chi connectivity index (χ2n) is 5.48. The third kappa shape index (κ3) is 2.14. The fourth-order valence-electron chi connectivity index (χ4n) is 3.00. The van der Waals surface area contributed by atoms with Crippen molar-refractivity contribution in [1.82, 2.24) is 29.3 Å². The molecule has 0 N–H and O–H groups in total. The van der Waals surface area contributed by atoms with Crippen molar-refractivity contribution in [2.75, 3.05) is 13.1 Å². The van der Waals surface area contributed by atoms with Gasteiger partial charge in [0.1, 0.15) is 5.56 Å². The van der Waals surface area contributed by atoms with Crippen LogP contribution in [0.15, 0.2) is 43.1 Å². The molecule has 0 spiro atoms. The molecule has 112 valence electrons. The smallest absolute Gasteiger partial charge is 0.259 e. The highest BCUT2D eigenvalue weighted by Crippen LogP contribution is 2.22. The Hall–Kier alpha value is -2.70. The van der Waals surface area contributed by atoms with E-state index in [4.69, 9.17) is 0 Å². The zero-order valence-corrected chi connectivity index (χ0v) is 12.0. The molecule has 1 fully saturated rings. The van der Waals surface area contributed by atoms with Crippen molar-refractivity contribution in [1.29, 1.82) is 0 Å². The van der Waals surface area contributed by atoms with E-state index in [1.165, 1.54) is 0 Å². The third-order valence-electron chi connectivity index (χ3n) is 4.09. The van der Waals surface area contributed by atoms with Crippen LogP contribution >= 0.6 is 0 Å². The number of carbonyl (C=O) groups is 1. The van der Waals surface area contributed by atoms with E-state index in [-0.39, 0.29) is 11.9 Å². The van der Waals surface area contributed by atoms with Gasteiger partial charge >= 0.3 is 0 Å². The molecule has 0 saturated carbocycles. The van der Waals surface area contributed by atoms with Crippen LogP contribution in [0.4, 0.5) is 0 Å². The van der Waals surface area contributed by atoms with Crippen molar-refractivity contribution >= 4 is 11.6 Å². The molecule has 0 aliphatic carbocycles. The maximum atomic E-state index is 12.8. The molecule has 22 heavy (non-hydrogen) atoms. The molecule has 1 saturated heterocycles. The van der Waals surface area contributed by atoms with E-state index in [2.05, 4.69) is 15.2 Å². The molecule has 0 unspecified atom stereocenters. The Bertz CT molecular complexity index is 793. The highest BCUT2D eigenvalue weighted by atomic mass is 16.2. The summed E-state index contributed by atoms with van der Waals surface area (Å²) in [5.41, 5.74) is 1.16. The predicted molar refractivity (Wildman–Crippen MR) is 79.4 cm³/mol. The summed E-state index contributed by atoms with van der Waals surface area (Å²) in [6.45, 7) is 1.44. The quantitative estimate of drug-likeness (QED) is 0.717. The van der Waals surface area contributed by atoms with Crippen LogP contribution in [0.25, 0.3) is 5.65 Å². The van der Waals surface area contributed by atoms with Gasteiger partial charge in [-0.2, -0.15) is 10.2 Å². The molecule has 1 aliphatic rings. The first-order valence-electron chi connectivity index (χ1n) is 7.40. The summed E-state index contributed by atoms with van der Waals surface area (Å²) in [5, 5.41) is 8.49. The number of hydrogen-bond donors (Lipinski definition) is 0. The molecular formula is C15H16N6O. The zero-order valence-electron chi connectivity index (χ0n) is 12.0. The predicted octanol–water partition coefficient (Wildman–Crippen LogP) is 1.40. The van der Waals surface area contributed by atoms with Gasteiger partial charge in [-0.25, -0.2) is 9.50 Å². The molecule has 0 aromatic carbocycles. The van der Waals surface area contributed by atoms with E-state index in [9.17, 15) is 4.79 Å². The van der Waals surface area contributed by atoms with Gasteiger partial charge in [0.05, 0.1) is 12.2 Å². The van der Waals surface area contributed by atoms with E-state index in [0.717, 1.165) is 19.4 Å². The standard InChI is InChI=1S/C15H16N6O/c22-15(13-10-18-21-9-2-5-16-14(13)21)19-7-1-4-12(11-19)20-8-3-6-17-20/h2-3,5-6,8-10,12H,1,4,7,11H2/t12-/m0/s1. The van der Waals surface area contributed by atoms with Crippen LogP contribution in [-0.4, -0.2) is 48.3 Å². The Kier molecular flexibility index (Phi) is 3.10. The first-order chi connectivity index (χ1) is 10.8. The van der Waals surface area contributed by atoms with Crippen LogP contribution in [0.3, 0.4) is 0 Å². The summed E-state index contributed by atoms with van der Waals surface area (Å²) < 4.78 is 3.57. The summed E-state index contributed by atoms with van der Waals surface area (Å²) in [6.07, 6.45) is 10.8. The van der Waals surface area contributed by atoms with Crippen molar-refractivity contribution in [2.45, 2.75) is 18.9 Å². The molecule has 0 radical (unpaired) electrons. The summed E-state index contributed by atoms with van der Waals surface area (Å²) >= 11 is 0. The lowest BCUT2D eigenvalue weighted by Crippen LogP contribution is -2.40. The van der Waals surface area contributed by atoms with Gasteiger partial charge in [0.2, 0.25) is 0 Å². The Labute approximate surface area is 127 Å². The highest BCUT2D eigenvalue weighted by molar-refractivity contribution is 5.99. The first-order valence-corrected chi connectivity index (χ1v) is 7.40. The van der Waals surface area contributed by atoms with Crippen LogP contribution in [0, 0.1) is 0 Å². The maximum Gasteiger partial charge on any atom is 0.259 e. The monoisotopic (exact) mass is 296 g/mol. The summed E-state index contributed by atoms with van der Waals surface area (Å²) in [5.74, 6) is -0.00874. The zero-order chi connectivity index (χ0) is 14.9. The Balaban J connectivity index is 1.60. The molecule has 7 heteroatoms. The molecule has 3 aromatic rings. The van der Waals surface area contributed by atoms with Crippen molar-refractivity contribution in [3.63, 3.8) is 0 Å². The van der Waals surface area contributed by atoms with Crippen LogP contribution in [0.1, 0.15) is 29.2 Å². The van der Waals surface area contributed by atoms with Gasteiger partial charge in [-0.3, -0.25) is 9.48 Å². The highest BCUT2D eigenvalue weighted by Gasteiger charge is 2.27. The summed E-state index contributed by atoms with van der Waals surface area (Å²) in [4.78, 5) is 18.9. The molecule has 1 aliphatic heterocycles. The Morgan fingerprint density at radius 3 is 2.95 bits per heavy atom. The van der Waals surface area contributed by atoms with Crippen molar-refractivity contribution in [3.8, 4) is 0 Å². The first kappa shape index (κ1) is 13.0. The fraction of sp³-hybridized carbons (Fsp3) is 0.333. The maximum absolute atomic E-state index is 12.8. The lowest BCUT2D eigenvalue weighted by molar-refractivity contribution is 0.0674. The van der Waals surface area contributed by atoms with Gasteiger partial charge in [-0.1, -0.05) is 0 Å². The van der Waals surface area contributed by atoms with Crippen LogP contribution in [-0.2, 0) is 0 Å². The number of likely N-dealkylation sites (tertiary alicyclic amines) is 1. The number of carbonyl (C=O) groups excluding carboxylic acids is 1. The number of nitrogens with zero attached hydrogens (tertiary/aromatic N) is 6. The van der Waals surface area contributed by atoms with Crippen LogP contribution in [0.2, 0.25) is 0 Å². The molecule has 1 amide bonds. The Morgan fingerprint density at radius 2 is 2.09 bits per heavy atom. The van der Waals surface area contributed by atoms with Crippen molar-refractivity contribution in [3.05, 3.63) is 48.7 Å². The normalized spacial score (nSPS) is 18.7. The Morgan fingerprint density at radius 1 is 1.18 bits per heavy atom. The van der Waals surface area contributed by atoms with Gasteiger partial charge in [-0.15, -0.1) is 0 Å². The van der Waals surface area contributed by atoms with Gasteiger partial charge < -0.3 is 4.90 Å². The van der Waals surface area contributed by atoms with Crippen LogP contribution in [0.5, 0.6) is 0 Å². The number of amides is 1. The minimum atomic E-state index is -0.00874. The minimum Gasteiger partial charge on any atom is -0.336 e. The topological polar surface area (TPSA) is 68.3 Å². The van der Waals surface area contributed by atoms with E-state index in [0.29, 0.717) is 17.8 Å². The minimum absolute atomic E-state index is 0.00874. The van der Waals surface area contributed by atoms with Gasteiger partial charge in [0.25, 0.3) is 5.91 Å². The number of aromatic nitrogens is 5. The van der Waals surface area contributed by atoms with Gasteiger partial charge in [0.15, 0.2) is 5.65 Å². The molecular weight excluding hydrogens is 280 g/mol. The van der Waals surface area contributed by atoms with Crippen molar-refractivity contribution < 1.29 is 4.79 Å². The summed E-state index contributed by atoms with van der Waals surface area (Å²) in [7, 11) is 0. The average Bonchev–Trinajstić information content (AvgIpc) is 3.24. The van der Waals surface area contributed by atoms with Gasteiger partial charge in [0, 0.05) is 37.9 Å². The fourth-order valence-corrected chi connectivity index (χ4v) is 3.00. The average molecular weight is 296 g/mol. The van der Waals surface area contributed by atoms with E-state index < -0.39 is 0 Å². The third-order valence-corrected chi connectivity index (χ3v) is 4.09. The second-order valence-corrected chi connectivity index (χ2v) is 5.48. The van der Waals surface area contributed by atoms with Crippen molar-refractivity contribution in [2.24, 2.45) is 0 Å². The molecule has 4 heterocycles. The second kappa shape index (κ2) is 5.25. The number of fused-ring (bicyclic) bond motifs is 1. The number of piperidine rings is 1. The lowest BCUT2D eigenvalue weighted by Gasteiger charge is -2.32. The largest absolute Gasteiger partial charge is 0.336 e. The molecule has 0 bridgehead atoms. The van der Waals surface area contributed by atoms with Crippen LogP contribution < -0.4 is 0 Å². The number of hydrogen-bond acceptors (Lipinski definition) is 4. The molecule has 1 atom stereocenters. The molecule has 7 nitrogen and oxygen atoms in total. The number of rotatable bonds is 2. The van der Waals surface area contributed by atoms with Gasteiger partial charge in [-0.05, 0) is 25.0 Å².